The van der Waals surface area contributed by atoms with Gasteiger partial charge in [-0.3, -0.25) is 0 Å². The summed E-state index contributed by atoms with van der Waals surface area (Å²) in [5.41, 5.74) is 1.41. The molecule has 0 amide bonds. The fraction of sp³-hybridized carbons (Fsp3) is 0.364. The van der Waals surface area contributed by atoms with Crippen LogP contribution in [0.15, 0.2) is 6.07 Å². The Balaban J connectivity index is 2.77. The Morgan fingerprint density at radius 2 is 1.75 bits per heavy atom. The molecule has 86 valence electrons. The van der Waals surface area contributed by atoms with Gasteiger partial charge < -0.3 is 4.98 Å². The van der Waals surface area contributed by atoms with Gasteiger partial charge in [-0.1, -0.05) is 55.6 Å². The molecule has 0 radical (unpaired) electrons. The highest BCUT2D eigenvalue weighted by Gasteiger charge is 2.20. The Morgan fingerprint density at radius 3 is 2.31 bits per heavy atom. The molecule has 0 saturated carbocycles. The molecule has 16 heavy (non-hydrogen) atoms. The molecule has 0 aliphatic rings. The molecule has 1 aromatic heterocycles. The highest BCUT2D eigenvalue weighted by Crippen LogP contribution is 2.36. The van der Waals surface area contributed by atoms with Crippen molar-refractivity contribution in [1.29, 1.82) is 0 Å². The second-order valence-corrected chi connectivity index (χ2v) is 5.88. The summed E-state index contributed by atoms with van der Waals surface area (Å²) in [6.07, 6.45) is 0. The van der Waals surface area contributed by atoms with E-state index in [2.05, 4.69) is 30.7 Å². The number of aromatic nitrogens is 2. The molecule has 2 nitrogen and oxygen atoms in total. The molecule has 0 aliphatic heterocycles. The molecule has 0 fully saturated rings. The van der Waals surface area contributed by atoms with Crippen LogP contribution in [0.3, 0.4) is 0 Å². The molecule has 0 saturated heterocycles. The van der Waals surface area contributed by atoms with Gasteiger partial charge in [0.05, 0.1) is 20.6 Å². The smallest absolute Gasteiger partial charge is 0.112 e. The Kier molecular flexibility index (Phi) is 2.85. The van der Waals surface area contributed by atoms with Crippen LogP contribution in [0.4, 0.5) is 0 Å². The molecule has 0 bridgehead atoms. The van der Waals surface area contributed by atoms with Crippen molar-refractivity contribution in [1.82, 2.24) is 9.97 Å². The summed E-state index contributed by atoms with van der Waals surface area (Å²) in [5.74, 6) is 0.864. The molecule has 0 atom stereocenters. The van der Waals surface area contributed by atoms with E-state index >= 15 is 0 Å². The third kappa shape index (κ3) is 1.90. The van der Waals surface area contributed by atoms with Gasteiger partial charge in [0.1, 0.15) is 11.3 Å². The highest BCUT2D eigenvalue weighted by molar-refractivity contribution is 6.50. The van der Waals surface area contributed by atoms with Crippen molar-refractivity contribution < 1.29 is 0 Å². The Hall–Kier alpha value is -0.440. The van der Waals surface area contributed by atoms with Gasteiger partial charge in [-0.2, -0.15) is 0 Å². The van der Waals surface area contributed by atoms with Crippen LogP contribution in [0.1, 0.15) is 26.6 Å². The van der Waals surface area contributed by atoms with Crippen molar-refractivity contribution in [2.45, 2.75) is 26.2 Å². The van der Waals surface area contributed by atoms with Gasteiger partial charge >= 0.3 is 0 Å². The van der Waals surface area contributed by atoms with Crippen LogP contribution in [0.5, 0.6) is 0 Å². The molecule has 1 aromatic carbocycles. The van der Waals surface area contributed by atoms with Gasteiger partial charge in [0, 0.05) is 5.41 Å². The minimum Gasteiger partial charge on any atom is -0.341 e. The first-order valence-corrected chi connectivity index (χ1v) is 5.98. The third-order valence-corrected chi connectivity index (χ3v) is 3.58. The molecule has 1 N–H and O–H groups in total. The van der Waals surface area contributed by atoms with Crippen molar-refractivity contribution in [3.8, 4) is 0 Å². The number of nitrogens with one attached hydrogen (secondary N) is 1. The molecule has 0 aliphatic carbocycles. The first-order chi connectivity index (χ1) is 7.30. The first kappa shape index (κ1) is 12.0. The van der Waals surface area contributed by atoms with Crippen LogP contribution < -0.4 is 0 Å². The Bertz CT molecular complexity index is 552. The van der Waals surface area contributed by atoms with E-state index in [9.17, 15) is 0 Å². The van der Waals surface area contributed by atoms with Crippen LogP contribution in [0.25, 0.3) is 11.0 Å². The summed E-state index contributed by atoms with van der Waals surface area (Å²) >= 11 is 18.0. The predicted octanol–water partition coefficient (Wildman–Crippen LogP) is 4.82. The lowest BCUT2D eigenvalue weighted by Gasteiger charge is -2.13. The molecule has 2 aromatic rings. The van der Waals surface area contributed by atoms with Crippen LogP contribution in [0.2, 0.25) is 15.1 Å². The largest absolute Gasteiger partial charge is 0.341 e. The second-order valence-electron chi connectivity index (χ2n) is 4.72. The number of rotatable bonds is 0. The Labute approximate surface area is 109 Å². The number of hydrogen-bond donors (Lipinski definition) is 1. The first-order valence-electron chi connectivity index (χ1n) is 4.84. The fourth-order valence-electron chi connectivity index (χ4n) is 1.41. The highest BCUT2D eigenvalue weighted by atomic mass is 35.5. The molecule has 0 unspecified atom stereocenters. The van der Waals surface area contributed by atoms with E-state index in [4.69, 9.17) is 34.8 Å². The van der Waals surface area contributed by atoms with E-state index in [1.807, 2.05) is 0 Å². The van der Waals surface area contributed by atoms with Gasteiger partial charge in [0.2, 0.25) is 0 Å². The predicted molar refractivity (Wildman–Crippen MR) is 69.8 cm³/mol. The quantitative estimate of drug-likeness (QED) is 0.687. The van der Waals surface area contributed by atoms with Crippen molar-refractivity contribution in [2.24, 2.45) is 0 Å². The maximum absolute atomic E-state index is 6.10. The summed E-state index contributed by atoms with van der Waals surface area (Å²) in [7, 11) is 0. The minimum absolute atomic E-state index is 0.0682. The standard InChI is InChI=1S/C11H11Cl3N2/c1-11(2,3)10-15-6-4-5(12)7(13)8(14)9(6)16-10/h4H,1-3H3,(H,15,16). The molecular formula is C11H11Cl3N2. The Morgan fingerprint density at radius 1 is 1.12 bits per heavy atom. The fourth-order valence-corrected chi connectivity index (χ4v) is 2.05. The van der Waals surface area contributed by atoms with E-state index < -0.39 is 0 Å². The maximum atomic E-state index is 6.10. The lowest BCUT2D eigenvalue weighted by molar-refractivity contribution is 0.554. The van der Waals surface area contributed by atoms with Gasteiger partial charge in [-0.05, 0) is 6.07 Å². The maximum Gasteiger partial charge on any atom is 0.112 e. The van der Waals surface area contributed by atoms with Crippen LogP contribution in [-0.2, 0) is 5.41 Å². The zero-order chi connectivity index (χ0) is 12.1. The number of hydrogen-bond acceptors (Lipinski definition) is 1. The molecule has 2 rings (SSSR count). The second kappa shape index (κ2) is 3.80. The van der Waals surface area contributed by atoms with E-state index in [1.54, 1.807) is 6.07 Å². The van der Waals surface area contributed by atoms with E-state index in [0.29, 0.717) is 20.6 Å². The minimum atomic E-state index is -0.0682. The van der Waals surface area contributed by atoms with E-state index in [0.717, 1.165) is 11.3 Å². The zero-order valence-electron chi connectivity index (χ0n) is 9.16. The van der Waals surface area contributed by atoms with Crippen molar-refractivity contribution >= 4 is 45.8 Å². The number of fused-ring (bicyclic) bond motifs is 1. The summed E-state index contributed by atoms with van der Waals surface area (Å²) in [4.78, 5) is 7.66. The molecular weight excluding hydrogens is 266 g/mol. The number of aromatic amines is 1. The summed E-state index contributed by atoms with van der Waals surface area (Å²) in [6.45, 7) is 6.21. The summed E-state index contributed by atoms with van der Waals surface area (Å²) < 4.78 is 0. The average molecular weight is 278 g/mol. The van der Waals surface area contributed by atoms with Crippen LogP contribution >= 0.6 is 34.8 Å². The van der Waals surface area contributed by atoms with E-state index in [1.165, 1.54) is 0 Å². The zero-order valence-corrected chi connectivity index (χ0v) is 11.4. The summed E-state index contributed by atoms with van der Waals surface area (Å²) in [5, 5.41) is 1.18. The summed E-state index contributed by atoms with van der Waals surface area (Å²) in [6, 6.07) is 1.74. The normalized spacial score (nSPS) is 12.4. The van der Waals surface area contributed by atoms with Crippen molar-refractivity contribution in [3.05, 3.63) is 27.0 Å². The monoisotopic (exact) mass is 276 g/mol. The van der Waals surface area contributed by atoms with Crippen molar-refractivity contribution in [3.63, 3.8) is 0 Å². The number of benzene rings is 1. The van der Waals surface area contributed by atoms with Crippen LogP contribution in [-0.4, -0.2) is 9.97 Å². The van der Waals surface area contributed by atoms with E-state index in [-0.39, 0.29) is 5.41 Å². The lowest BCUT2D eigenvalue weighted by Crippen LogP contribution is -2.12. The molecule has 1 heterocycles. The van der Waals surface area contributed by atoms with Crippen LogP contribution in [0, 0.1) is 0 Å². The van der Waals surface area contributed by atoms with Gasteiger partial charge in [0.15, 0.2) is 0 Å². The number of imidazole rings is 1. The molecule has 0 spiro atoms. The van der Waals surface area contributed by atoms with Crippen molar-refractivity contribution in [2.75, 3.05) is 0 Å². The topological polar surface area (TPSA) is 28.7 Å². The SMILES string of the molecule is CC(C)(C)c1nc2c(Cl)c(Cl)c(Cl)cc2[nH]1. The third-order valence-electron chi connectivity index (χ3n) is 2.32. The number of nitrogens with zero attached hydrogens (tertiary/aromatic N) is 1. The van der Waals surface area contributed by atoms with Gasteiger partial charge in [0.25, 0.3) is 0 Å². The number of H-pyrrole nitrogens is 1. The van der Waals surface area contributed by atoms with Gasteiger partial charge in [-0.25, -0.2) is 4.98 Å². The van der Waals surface area contributed by atoms with Gasteiger partial charge in [-0.15, -0.1) is 0 Å². The number of halogens is 3. The average Bonchev–Trinajstić information content (AvgIpc) is 2.57. The lowest BCUT2D eigenvalue weighted by atomic mass is 9.96. The molecule has 5 heteroatoms.